The average Bonchev–Trinajstić information content (AvgIpc) is 2.58. The van der Waals surface area contributed by atoms with Gasteiger partial charge in [0.1, 0.15) is 5.82 Å². The Morgan fingerprint density at radius 2 is 2.25 bits per heavy atom. The summed E-state index contributed by atoms with van der Waals surface area (Å²) in [5, 5.41) is 8.52. The lowest BCUT2D eigenvalue weighted by Crippen LogP contribution is -1.96. The maximum atomic E-state index is 10.4. The van der Waals surface area contributed by atoms with Gasteiger partial charge in [0, 0.05) is 18.5 Å². The molecule has 0 saturated carbocycles. The minimum atomic E-state index is -0.773. The summed E-state index contributed by atoms with van der Waals surface area (Å²) in [7, 11) is 0. The minimum Gasteiger partial charge on any atom is -0.481 e. The zero-order chi connectivity index (χ0) is 11.5. The van der Waals surface area contributed by atoms with Crippen LogP contribution in [-0.4, -0.2) is 26.0 Å². The highest BCUT2D eigenvalue weighted by Crippen LogP contribution is 2.11. The van der Waals surface area contributed by atoms with Gasteiger partial charge in [0.25, 0.3) is 0 Å². The normalized spacial score (nSPS) is 10.8. The first-order valence-corrected chi connectivity index (χ1v) is 5.19. The highest BCUT2D eigenvalue weighted by atomic mass is 16.4. The van der Waals surface area contributed by atoms with Crippen molar-refractivity contribution in [3.05, 3.63) is 23.7 Å². The molecule has 0 atom stereocenters. The third kappa shape index (κ3) is 2.36. The second-order valence-electron chi connectivity index (χ2n) is 3.75. The van der Waals surface area contributed by atoms with Crippen molar-refractivity contribution in [2.75, 3.05) is 0 Å². The number of fused-ring (bicyclic) bond motifs is 1. The molecule has 5 heteroatoms. The molecule has 0 spiro atoms. The van der Waals surface area contributed by atoms with Crippen LogP contribution < -0.4 is 0 Å². The van der Waals surface area contributed by atoms with E-state index >= 15 is 0 Å². The summed E-state index contributed by atoms with van der Waals surface area (Å²) in [6.45, 7) is 1.91. The van der Waals surface area contributed by atoms with Crippen LogP contribution in [0.1, 0.15) is 24.4 Å². The Bertz CT molecular complexity index is 519. The SMILES string of the molecule is Cc1ccc2[nH]c(CCCC(=O)O)nc2n1. The van der Waals surface area contributed by atoms with Crippen molar-refractivity contribution in [2.45, 2.75) is 26.2 Å². The first-order chi connectivity index (χ1) is 7.65. The van der Waals surface area contributed by atoms with Crippen LogP contribution in [-0.2, 0) is 11.2 Å². The van der Waals surface area contributed by atoms with E-state index < -0.39 is 5.97 Å². The number of imidazole rings is 1. The van der Waals surface area contributed by atoms with Crippen molar-refractivity contribution in [3.8, 4) is 0 Å². The Labute approximate surface area is 92.5 Å². The van der Waals surface area contributed by atoms with E-state index in [9.17, 15) is 4.79 Å². The first kappa shape index (κ1) is 10.6. The summed E-state index contributed by atoms with van der Waals surface area (Å²) in [6, 6.07) is 3.85. The Kier molecular flexibility index (Phi) is 2.85. The molecular formula is C11H13N3O2. The molecule has 0 aliphatic rings. The lowest BCUT2D eigenvalue weighted by atomic mass is 10.2. The lowest BCUT2D eigenvalue weighted by Gasteiger charge is -1.92. The number of hydrogen-bond acceptors (Lipinski definition) is 3. The van der Waals surface area contributed by atoms with Crippen molar-refractivity contribution >= 4 is 17.1 Å². The molecule has 0 saturated heterocycles. The average molecular weight is 219 g/mol. The third-order valence-corrected chi connectivity index (χ3v) is 2.34. The second-order valence-corrected chi connectivity index (χ2v) is 3.75. The number of aromatic nitrogens is 3. The maximum Gasteiger partial charge on any atom is 0.303 e. The van der Waals surface area contributed by atoms with Gasteiger partial charge in [-0.1, -0.05) is 0 Å². The topological polar surface area (TPSA) is 78.9 Å². The highest BCUT2D eigenvalue weighted by Gasteiger charge is 2.05. The van der Waals surface area contributed by atoms with Gasteiger partial charge in [-0.15, -0.1) is 0 Å². The van der Waals surface area contributed by atoms with Gasteiger partial charge in [-0.2, -0.15) is 0 Å². The molecule has 0 unspecified atom stereocenters. The van der Waals surface area contributed by atoms with Gasteiger partial charge < -0.3 is 10.1 Å². The molecule has 5 nitrogen and oxygen atoms in total. The van der Waals surface area contributed by atoms with Gasteiger partial charge in [0.2, 0.25) is 0 Å². The molecular weight excluding hydrogens is 206 g/mol. The van der Waals surface area contributed by atoms with E-state index in [2.05, 4.69) is 15.0 Å². The molecule has 2 heterocycles. The molecule has 0 aromatic carbocycles. The van der Waals surface area contributed by atoms with E-state index in [1.165, 1.54) is 0 Å². The molecule has 2 N–H and O–H groups in total. The fraction of sp³-hybridized carbons (Fsp3) is 0.364. The number of carbonyl (C=O) groups is 1. The van der Waals surface area contributed by atoms with Crippen LogP contribution in [0, 0.1) is 6.92 Å². The number of rotatable bonds is 4. The smallest absolute Gasteiger partial charge is 0.303 e. The maximum absolute atomic E-state index is 10.4. The molecule has 0 aliphatic carbocycles. The van der Waals surface area contributed by atoms with Gasteiger partial charge in [-0.3, -0.25) is 4.79 Å². The first-order valence-electron chi connectivity index (χ1n) is 5.19. The van der Waals surface area contributed by atoms with E-state index in [1.54, 1.807) is 0 Å². The Hall–Kier alpha value is -1.91. The van der Waals surface area contributed by atoms with E-state index in [4.69, 9.17) is 5.11 Å². The molecule has 0 aliphatic heterocycles. The monoisotopic (exact) mass is 219 g/mol. The number of aryl methyl sites for hydroxylation is 2. The predicted molar refractivity (Wildman–Crippen MR) is 59.2 cm³/mol. The van der Waals surface area contributed by atoms with Crippen LogP contribution >= 0.6 is 0 Å². The molecule has 2 rings (SSSR count). The van der Waals surface area contributed by atoms with E-state index in [0.29, 0.717) is 18.5 Å². The van der Waals surface area contributed by atoms with Crippen molar-refractivity contribution in [3.63, 3.8) is 0 Å². The largest absolute Gasteiger partial charge is 0.481 e. The fourth-order valence-electron chi connectivity index (χ4n) is 1.56. The molecule has 0 bridgehead atoms. The van der Waals surface area contributed by atoms with Gasteiger partial charge in [0.15, 0.2) is 5.65 Å². The molecule has 16 heavy (non-hydrogen) atoms. The van der Waals surface area contributed by atoms with Gasteiger partial charge in [-0.05, 0) is 25.5 Å². The second kappa shape index (κ2) is 4.30. The van der Waals surface area contributed by atoms with Crippen molar-refractivity contribution in [1.29, 1.82) is 0 Å². The third-order valence-electron chi connectivity index (χ3n) is 2.34. The predicted octanol–water partition coefficient (Wildman–Crippen LogP) is 1.67. The molecule has 0 amide bonds. The van der Waals surface area contributed by atoms with Crippen LogP contribution in [0.4, 0.5) is 0 Å². The standard InChI is InChI=1S/C11H13N3O2/c1-7-5-6-8-11(12-7)14-9(13-8)3-2-4-10(15)16/h5-6H,2-4H2,1H3,(H,15,16)(H,12,13,14). The van der Waals surface area contributed by atoms with Crippen molar-refractivity contribution in [1.82, 2.24) is 15.0 Å². The molecule has 2 aromatic rings. The Balaban J connectivity index is 2.10. The summed E-state index contributed by atoms with van der Waals surface area (Å²) in [5.74, 6) is 0.0273. The van der Waals surface area contributed by atoms with E-state index in [-0.39, 0.29) is 6.42 Å². The molecule has 0 radical (unpaired) electrons. The number of H-pyrrole nitrogens is 1. The summed E-state index contributed by atoms with van der Waals surface area (Å²) in [4.78, 5) is 22.1. The summed E-state index contributed by atoms with van der Waals surface area (Å²) in [5.41, 5.74) is 2.53. The number of aliphatic carboxylic acids is 1. The number of pyridine rings is 1. The quantitative estimate of drug-likeness (QED) is 0.819. The van der Waals surface area contributed by atoms with Crippen LogP contribution in [0.5, 0.6) is 0 Å². The number of nitrogens with zero attached hydrogens (tertiary/aromatic N) is 2. The van der Waals surface area contributed by atoms with E-state index in [1.807, 2.05) is 19.1 Å². The number of carboxylic acids is 1. The van der Waals surface area contributed by atoms with Crippen LogP contribution in [0.3, 0.4) is 0 Å². The van der Waals surface area contributed by atoms with Crippen molar-refractivity contribution in [2.24, 2.45) is 0 Å². The number of nitrogens with one attached hydrogen (secondary N) is 1. The summed E-state index contributed by atoms with van der Waals surface area (Å²) < 4.78 is 0. The molecule has 84 valence electrons. The minimum absolute atomic E-state index is 0.170. The van der Waals surface area contributed by atoms with Crippen LogP contribution in [0.15, 0.2) is 12.1 Å². The summed E-state index contributed by atoms with van der Waals surface area (Å²) >= 11 is 0. The van der Waals surface area contributed by atoms with Gasteiger partial charge in [-0.25, -0.2) is 9.97 Å². The summed E-state index contributed by atoms with van der Waals surface area (Å²) in [6.07, 6.45) is 1.40. The highest BCUT2D eigenvalue weighted by molar-refractivity contribution is 5.70. The Morgan fingerprint density at radius 3 is 3.00 bits per heavy atom. The van der Waals surface area contributed by atoms with Crippen LogP contribution in [0.2, 0.25) is 0 Å². The number of carboxylic acid groups (broad SMARTS) is 1. The Morgan fingerprint density at radius 1 is 1.44 bits per heavy atom. The fourth-order valence-corrected chi connectivity index (χ4v) is 1.56. The van der Waals surface area contributed by atoms with Crippen molar-refractivity contribution < 1.29 is 9.90 Å². The number of aromatic amines is 1. The molecule has 0 fully saturated rings. The zero-order valence-electron chi connectivity index (χ0n) is 9.03. The zero-order valence-corrected chi connectivity index (χ0v) is 9.03. The lowest BCUT2D eigenvalue weighted by molar-refractivity contribution is -0.137. The van der Waals surface area contributed by atoms with Gasteiger partial charge in [0.05, 0.1) is 5.52 Å². The van der Waals surface area contributed by atoms with E-state index in [0.717, 1.165) is 17.0 Å². The number of hydrogen-bond donors (Lipinski definition) is 2. The van der Waals surface area contributed by atoms with Crippen LogP contribution in [0.25, 0.3) is 11.2 Å². The molecule has 2 aromatic heterocycles. The van der Waals surface area contributed by atoms with Gasteiger partial charge >= 0.3 is 5.97 Å².